The van der Waals surface area contributed by atoms with Crippen molar-refractivity contribution in [3.05, 3.63) is 35.9 Å². The van der Waals surface area contributed by atoms with Crippen LogP contribution in [0.4, 0.5) is 0 Å². The Morgan fingerprint density at radius 1 is 1.30 bits per heavy atom. The minimum Gasteiger partial charge on any atom is -0.354 e. The Morgan fingerprint density at radius 2 is 2.00 bits per heavy atom. The van der Waals surface area contributed by atoms with Gasteiger partial charge in [-0.25, -0.2) is 0 Å². The first-order chi connectivity index (χ1) is 11.1. The molecular formula is C19H31N3O. The summed E-state index contributed by atoms with van der Waals surface area (Å²) in [5, 5.41) is 3.17. The van der Waals surface area contributed by atoms with E-state index < -0.39 is 5.41 Å². The Hall–Kier alpha value is -1.39. The van der Waals surface area contributed by atoms with E-state index in [0.717, 1.165) is 38.9 Å². The molecule has 0 aromatic heterocycles. The molecule has 1 unspecified atom stereocenters. The monoisotopic (exact) mass is 317 g/mol. The van der Waals surface area contributed by atoms with Gasteiger partial charge in [-0.2, -0.15) is 0 Å². The topological polar surface area (TPSA) is 58.4 Å². The van der Waals surface area contributed by atoms with E-state index in [4.69, 9.17) is 5.73 Å². The van der Waals surface area contributed by atoms with Crippen molar-refractivity contribution < 1.29 is 4.79 Å². The van der Waals surface area contributed by atoms with E-state index >= 15 is 0 Å². The fraction of sp³-hybridized carbons (Fsp3) is 0.632. The zero-order chi connectivity index (χ0) is 16.7. The van der Waals surface area contributed by atoms with E-state index in [1.807, 2.05) is 19.9 Å². The highest BCUT2D eigenvalue weighted by Crippen LogP contribution is 2.25. The molecule has 0 spiro atoms. The molecule has 0 saturated carbocycles. The molecule has 0 aliphatic carbocycles. The highest BCUT2D eigenvalue weighted by atomic mass is 16.2. The maximum atomic E-state index is 12.6. The zero-order valence-corrected chi connectivity index (χ0v) is 14.6. The molecule has 128 valence electrons. The number of carbonyl (C=O) groups is 1. The lowest BCUT2D eigenvalue weighted by molar-refractivity contribution is -0.131. The number of nitrogens with zero attached hydrogens (tertiary/aromatic N) is 1. The Balaban J connectivity index is 1.90. The van der Waals surface area contributed by atoms with Gasteiger partial charge < -0.3 is 11.1 Å². The summed E-state index contributed by atoms with van der Waals surface area (Å²) in [4.78, 5) is 15.1. The molecule has 1 fully saturated rings. The van der Waals surface area contributed by atoms with Crippen LogP contribution in [0, 0.1) is 5.41 Å². The summed E-state index contributed by atoms with van der Waals surface area (Å²) in [6.07, 6.45) is 3.95. The summed E-state index contributed by atoms with van der Waals surface area (Å²) in [5.41, 5.74) is 6.81. The van der Waals surface area contributed by atoms with Crippen LogP contribution < -0.4 is 11.1 Å². The van der Waals surface area contributed by atoms with Crippen LogP contribution in [0.15, 0.2) is 30.3 Å². The molecule has 1 aromatic rings. The Labute approximate surface area is 140 Å². The number of amides is 1. The lowest BCUT2D eigenvalue weighted by atomic mass is 9.81. The zero-order valence-electron chi connectivity index (χ0n) is 14.6. The fourth-order valence-corrected chi connectivity index (χ4v) is 3.50. The second-order valence-electron chi connectivity index (χ2n) is 6.65. The van der Waals surface area contributed by atoms with E-state index in [2.05, 4.69) is 34.5 Å². The van der Waals surface area contributed by atoms with Crippen LogP contribution in [0.2, 0.25) is 0 Å². The molecule has 2 rings (SSSR count). The lowest BCUT2D eigenvalue weighted by Gasteiger charge is -2.31. The second-order valence-corrected chi connectivity index (χ2v) is 6.65. The molecule has 0 radical (unpaired) electrons. The normalized spacial score (nSPS) is 19.0. The fourth-order valence-electron chi connectivity index (χ4n) is 3.50. The van der Waals surface area contributed by atoms with E-state index in [9.17, 15) is 4.79 Å². The van der Waals surface area contributed by atoms with Crippen molar-refractivity contribution in [2.24, 2.45) is 11.1 Å². The number of nitrogens with two attached hydrogens (primary N) is 1. The minimum absolute atomic E-state index is 0.122. The van der Waals surface area contributed by atoms with Crippen LogP contribution in [0.1, 0.15) is 45.1 Å². The van der Waals surface area contributed by atoms with Gasteiger partial charge in [0.2, 0.25) is 5.91 Å². The molecule has 1 atom stereocenters. The molecule has 1 aliphatic rings. The Morgan fingerprint density at radius 3 is 2.61 bits per heavy atom. The van der Waals surface area contributed by atoms with Crippen molar-refractivity contribution in [3.8, 4) is 0 Å². The maximum Gasteiger partial charge on any atom is 0.227 e. The van der Waals surface area contributed by atoms with Gasteiger partial charge in [0, 0.05) is 25.7 Å². The van der Waals surface area contributed by atoms with E-state index in [0.29, 0.717) is 12.6 Å². The van der Waals surface area contributed by atoms with Crippen LogP contribution in [-0.4, -0.2) is 36.5 Å². The van der Waals surface area contributed by atoms with E-state index in [1.165, 1.54) is 12.0 Å². The van der Waals surface area contributed by atoms with Gasteiger partial charge in [0.05, 0.1) is 5.41 Å². The van der Waals surface area contributed by atoms with Gasteiger partial charge in [-0.1, -0.05) is 44.2 Å². The largest absolute Gasteiger partial charge is 0.354 e. The molecule has 4 nitrogen and oxygen atoms in total. The smallest absolute Gasteiger partial charge is 0.227 e. The van der Waals surface area contributed by atoms with Crippen molar-refractivity contribution >= 4 is 5.91 Å². The Kier molecular flexibility index (Phi) is 6.60. The third kappa shape index (κ3) is 4.33. The lowest BCUT2D eigenvalue weighted by Crippen LogP contribution is -2.48. The number of likely N-dealkylation sites (tertiary alicyclic amines) is 1. The van der Waals surface area contributed by atoms with Gasteiger partial charge >= 0.3 is 0 Å². The summed E-state index contributed by atoms with van der Waals surface area (Å²) >= 11 is 0. The highest BCUT2D eigenvalue weighted by molar-refractivity contribution is 5.82. The first-order valence-electron chi connectivity index (χ1n) is 8.91. The summed E-state index contributed by atoms with van der Waals surface area (Å²) in [6, 6.07) is 11.0. The molecule has 23 heavy (non-hydrogen) atoms. The number of hydrogen-bond donors (Lipinski definition) is 2. The third-order valence-corrected chi connectivity index (χ3v) is 5.45. The average Bonchev–Trinajstić information content (AvgIpc) is 3.03. The van der Waals surface area contributed by atoms with Crippen molar-refractivity contribution in [2.75, 3.05) is 19.6 Å². The van der Waals surface area contributed by atoms with Gasteiger partial charge in [-0.05, 0) is 37.8 Å². The van der Waals surface area contributed by atoms with Crippen molar-refractivity contribution in [1.82, 2.24) is 10.2 Å². The second kappa shape index (κ2) is 8.46. The van der Waals surface area contributed by atoms with Crippen LogP contribution in [0.3, 0.4) is 0 Å². The van der Waals surface area contributed by atoms with Gasteiger partial charge in [0.25, 0.3) is 0 Å². The van der Waals surface area contributed by atoms with Gasteiger partial charge in [0.1, 0.15) is 0 Å². The maximum absolute atomic E-state index is 12.6. The minimum atomic E-state index is -0.400. The first kappa shape index (κ1) is 18.0. The number of nitrogens with one attached hydrogen (secondary N) is 1. The summed E-state index contributed by atoms with van der Waals surface area (Å²) in [5.74, 6) is 0.122. The summed E-state index contributed by atoms with van der Waals surface area (Å²) in [7, 11) is 0. The van der Waals surface area contributed by atoms with Crippen LogP contribution in [0.25, 0.3) is 0 Å². The molecule has 1 aliphatic heterocycles. The van der Waals surface area contributed by atoms with Crippen molar-refractivity contribution in [3.63, 3.8) is 0 Å². The van der Waals surface area contributed by atoms with Crippen molar-refractivity contribution in [2.45, 2.75) is 52.1 Å². The number of rotatable bonds is 8. The van der Waals surface area contributed by atoms with Gasteiger partial charge in [-0.15, -0.1) is 0 Å². The number of carbonyl (C=O) groups excluding carboxylic acids is 1. The SMILES string of the molecule is CCC(CC)(CN)C(=O)NCC1CCCN1Cc1ccccc1. The third-order valence-electron chi connectivity index (χ3n) is 5.45. The molecule has 1 saturated heterocycles. The molecule has 0 bridgehead atoms. The average molecular weight is 317 g/mol. The summed E-state index contributed by atoms with van der Waals surface area (Å²) in [6.45, 7) is 7.32. The van der Waals surface area contributed by atoms with E-state index in [-0.39, 0.29) is 5.91 Å². The quantitative estimate of drug-likeness (QED) is 0.774. The van der Waals surface area contributed by atoms with Crippen LogP contribution >= 0.6 is 0 Å². The van der Waals surface area contributed by atoms with Gasteiger partial charge in [-0.3, -0.25) is 9.69 Å². The predicted octanol–water partition coefficient (Wildman–Crippen LogP) is 2.53. The summed E-state index contributed by atoms with van der Waals surface area (Å²) < 4.78 is 0. The standard InChI is InChI=1S/C19H31N3O/c1-3-19(4-2,15-20)18(23)21-13-17-11-8-12-22(17)14-16-9-6-5-7-10-16/h5-7,9-10,17H,3-4,8,11-15,20H2,1-2H3,(H,21,23). The number of benzene rings is 1. The predicted molar refractivity (Wildman–Crippen MR) is 95.0 cm³/mol. The van der Waals surface area contributed by atoms with Crippen molar-refractivity contribution in [1.29, 1.82) is 0 Å². The Bertz CT molecular complexity index is 476. The molecule has 4 heteroatoms. The molecule has 3 N–H and O–H groups in total. The first-order valence-corrected chi connectivity index (χ1v) is 8.91. The van der Waals surface area contributed by atoms with E-state index in [1.54, 1.807) is 0 Å². The van der Waals surface area contributed by atoms with Gasteiger partial charge in [0.15, 0.2) is 0 Å². The molecular weight excluding hydrogens is 286 g/mol. The molecule has 1 aromatic carbocycles. The molecule has 1 heterocycles. The molecule has 1 amide bonds. The number of hydrogen-bond acceptors (Lipinski definition) is 3. The van der Waals surface area contributed by atoms with Crippen LogP contribution in [0.5, 0.6) is 0 Å². The van der Waals surface area contributed by atoms with Crippen LogP contribution in [-0.2, 0) is 11.3 Å². The highest BCUT2D eigenvalue weighted by Gasteiger charge is 2.34.